The van der Waals surface area contributed by atoms with Gasteiger partial charge in [-0.1, -0.05) is 30.3 Å². The number of hydrogen-bond donors (Lipinski definition) is 2. The number of para-hydroxylation sites is 1. The smallest absolute Gasteiger partial charge is 0.407 e. The molecule has 0 bridgehead atoms. The maximum atomic E-state index is 12.8. The van der Waals surface area contributed by atoms with Crippen LogP contribution in [0.5, 0.6) is 5.75 Å². The summed E-state index contributed by atoms with van der Waals surface area (Å²) >= 11 is 0. The maximum Gasteiger partial charge on any atom is 0.407 e. The zero-order valence-corrected chi connectivity index (χ0v) is 17.2. The molecule has 1 aliphatic carbocycles. The third-order valence-corrected chi connectivity index (χ3v) is 6.15. The minimum absolute atomic E-state index is 0.0597. The van der Waals surface area contributed by atoms with Crippen LogP contribution >= 0.6 is 0 Å². The van der Waals surface area contributed by atoms with Crippen LogP contribution in [0.3, 0.4) is 0 Å². The van der Waals surface area contributed by atoms with Crippen LogP contribution in [0.15, 0.2) is 42.5 Å². The van der Waals surface area contributed by atoms with Crippen LogP contribution in [-0.2, 0) is 0 Å². The fourth-order valence-corrected chi connectivity index (χ4v) is 4.25. The minimum Gasteiger partial charge on any atom is -0.494 e. The molecule has 5 rings (SSSR count). The van der Waals surface area contributed by atoms with E-state index in [4.69, 9.17) is 21.2 Å². The number of alkyl halides is 3. The normalized spacial score (nSPS) is 19.8. The van der Waals surface area contributed by atoms with Gasteiger partial charge < -0.3 is 16.2 Å². The average molecular weight is 442 g/mol. The average Bonchev–Trinajstić information content (AvgIpc) is 3.17. The predicted octanol–water partition coefficient (Wildman–Crippen LogP) is 4.09. The summed E-state index contributed by atoms with van der Waals surface area (Å²) in [6, 6.07) is 9.95. The predicted molar refractivity (Wildman–Crippen MR) is 113 cm³/mol. The van der Waals surface area contributed by atoms with Gasteiger partial charge in [0.05, 0.1) is 7.11 Å². The molecular formula is C22H21F3N6O. The van der Waals surface area contributed by atoms with Gasteiger partial charge in [-0.3, -0.25) is 0 Å². The van der Waals surface area contributed by atoms with Crippen molar-refractivity contribution in [2.45, 2.75) is 36.9 Å². The number of nitrogens with two attached hydrogens (primary N) is 2. The van der Waals surface area contributed by atoms with Gasteiger partial charge >= 0.3 is 6.18 Å². The number of methoxy groups -OCH3 is 1. The first-order chi connectivity index (χ1) is 15.3. The SMILES string of the molecule is COc1cccc2c1nc(N)n1nc(C3CC(c4ccc(C(N)C(F)(F)F)cc4)C3)nc21. The number of nitrogen functional groups attached to an aromatic ring is 1. The quantitative estimate of drug-likeness (QED) is 0.493. The standard InChI is InChI=1S/C22H21F3N6O/c1-32-16-4-2-3-15-17(16)28-21(27)31-20(15)29-19(30-31)14-9-13(10-14)11-5-7-12(8-6-11)18(26)22(23,24)25/h2-8,13-14,18H,9-10,26H2,1H3,(H2,27,28). The number of rotatable bonds is 4. The van der Waals surface area contributed by atoms with Crippen molar-refractivity contribution in [2.75, 3.05) is 12.8 Å². The van der Waals surface area contributed by atoms with Crippen LogP contribution < -0.4 is 16.2 Å². The summed E-state index contributed by atoms with van der Waals surface area (Å²) in [5, 5.41) is 5.36. The molecule has 0 amide bonds. The van der Waals surface area contributed by atoms with E-state index in [0.717, 1.165) is 23.8 Å². The first-order valence-electron chi connectivity index (χ1n) is 10.2. The van der Waals surface area contributed by atoms with Gasteiger partial charge in [-0.25, -0.2) is 9.97 Å². The van der Waals surface area contributed by atoms with E-state index in [9.17, 15) is 13.2 Å². The molecule has 0 radical (unpaired) electrons. The zero-order chi connectivity index (χ0) is 22.6. The number of anilines is 1. The summed E-state index contributed by atoms with van der Waals surface area (Å²) in [5.41, 5.74) is 13.7. The van der Waals surface area contributed by atoms with Crippen molar-refractivity contribution in [3.8, 4) is 5.75 Å². The Morgan fingerprint density at radius 2 is 1.78 bits per heavy atom. The Morgan fingerprint density at radius 3 is 2.44 bits per heavy atom. The van der Waals surface area contributed by atoms with E-state index in [-0.39, 0.29) is 23.3 Å². The lowest BCUT2D eigenvalue weighted by atomic mass is 9.71. The van der Waals surface area contributed by atoms with Crippen LogP contribution in [0.4, 0.5) is 19.1 Å². The first-order valence-corrected chi connectivity index (χ1v) is 10.2. The molecule has 4 aromatic rings. The monoisotopic (exact) mass is 442 g/mol. The molecule has 0 saturated heterocycles. The Kier molecular flexibility index (Phi) is 4.70. The number of aromatic nitrogens is 4. The van der Waals surface area contributed by atoms with Crippen molar-refractivity contribution in [1.29, 1.82) is 0 Å². The number of hydrogen-bond acceptors (Lipinski definition) is 6. The molecule has 10 heteroatoms. The second-order valence-electron chi connectivity index (χ2n) is 8.08. The van der Waals surface area contributed by atoms with Gasteiger partial charge in [0.15, 0.2) is 11.5 Å². The Morgan fingerprint density at radius 1 is 1.06 bits per heavy atom. The molecule has 2 heterocycles. The van der Waals surface area contributed by atoms with Gasteiger partial charge in [0.1, 0.15) is 17.3 Å². The van der Waals surface area contributed by atoms with E-state index < -0.39 is 12.2 Å². The second-order valence-corrected chi connectivity index (χ2v) is 8.08. The topological polar surface area (TPSA) is 104 Å². The van der Waals surface area contributed by atoms with E-state index in [1.807, 2.05) is 18.2 Å². The van der Waals surface area contributed by atoms with E-state index >= 15 is 0 Å². The van der Waals surface area contributed by atoms with Crippen molar-refractivity contribution in [2.24, 2.45) is 5.73 Å². The molecule has 1 atom stereocenters. The number of benzene rings is 2. The molecule has 1 aliphatic rings. The lowest BCUT2D eigenvalue weighted by Crippen LogP contribution is -2.28. The van der Waals surface area contributed by atoms with Crippen molar-refractivity contribution < 1.29 is 17.9 Å². The summed E-state index contributed by atoms with van der Waals surface area (Å²) in [7, 11) is 1.57. The molecule has 1 saturated carbocycles. The maximum absolute atomic E-state index is 12.8. The first kappa shape index (κ1) is 20.5. The highest BCUT2D eigenvalue weighted by Gasteiger charge is 2.38. The zero-order valence-electron chi connectivity index (χ0n) is 17.2. The summed E-state index contributed by atoms with van der Waals surface area (Å²) in [4.78, 5) is 9.14. The molecule has 4 N–H and O–H groups in total. The summed E-state index contributed by atoms with van der Waals surface area (Å²) < 4.78 is 45.3. The fourth-order valence-electron chi connectivity index (χ4n) is 4.25. The Balaban J connectivity index is 1.37. The Hall–Kier alpha value is -3.40. The number of halogens is 3. The highest BCUT2D eigenvalue weighted by molar-refractivity contribution is 5.95. The van der Waals surface area contributed by atoms with E-state index in [0.29, 0.717) is 22.7 Å². The van der Waals surface area contributed by atoms with Crippen LogP contribution in [0.1, 0.15) is 47.7 Å². The Labute approximate surface area is 181 Å². The Bertz CT molecular complexity index is 1300. The molecule has 7 nitrogen and oxygen atoms in total. The third-order valence-electron chi connectivity index (χ3n) is 6.15. The van der Waals surface area contributed by atoms with Gasteiger partial charge in [0.25, 0.3) is 0 Å². The highest BCUT2D eigenvalue weighted by Crippen LogP contribution is 2.47. The van der Waals surface area contributed by atoms with Crippen LogP contribution in [0, 0.1) is 0 Å². The summed E-state index contributed by atoms with van der Waals surface area (Å²) in [6.45, 7) is 0. The van der Waals surface area contributed by atoms with Crippen LogP contribution in [0.2, 0.25) is 0 Å². The van der Waals surface area contributed by atoms with Gasteiger partial charge in [-0.15, -0.1) is 5.10 Å². The molecule has 2 aromatic heterocycles. The molecule has 0 spiro atoms. The van der Waals surface area contributed by atoms with Gasteiger partial charge in [-0.2, -0.15) is 17.7 Å². The second kappa shape index (κ2) is 7.33. The third kappa shape index (κ3) is 3.31. The lowest BCUT2D eigenvalue weighted by Gasteiger charge is -2.34. The molecule has 1 unspecified atom stereocenters. The number of ether oxygens (including phenoxy) is 1. The van der Waals surface area contributed by atoms with Gasteiger partial charge in [-0.05, 0) is 42.0 Å². The minimum atomic E-state index is -4.46. The van der Waals surface area contributed by atoms with Crippen LogP contribution in [-0.4, -0.2) is 32.9 Å². The summed E-state index contributed by atoms with van der Waals surface area (Å²) in [6.07, 6.45) is -2.85. The fraction of sp³-hybridized carbons (Fsp3) is 0.318. The largest absolute Gasteiger partial charge is 0.494 e. The van der Waals surface area contributed by atoms with Crippen molar-refractivity contribution in [3.63, 3.8) is 0 Å². The summed E-state index contributed by atoms with van der Waals surface area (Å²) in [5.74, 6) is 1.88. The molecule has 2 aromatic carbocycles. The molecule has 32 heavy (non-hydrogen) atoms. The van der Waals surface area contributed by atoms with E-state index in [1.165, 1.54) is 16.6 Å². The highest BCUT2D eigenvalue weighted by atomic mass is 19.4. The number of nitrogens with zero attached hydrogens (tertiary/aromatic N) is 4. The van der Waals surface area contributed by atoms with Crippen molar-refractivity contribution in [3.05, 3.63) is 59.4 Å². The van der Waals surface area contributed by atoms with Gasteiger partial charge in [0.2, 0.25) is 5.95 Å². The lowest BCUT2D eigenvalue weighted by molar-refractivity contribution is -0.149. The number of fused-ring (bicyclic) bond motifs is 3. The molecule has 1 fully saturated rings. The molecule has 166 valence electrons. The van der Waals surface area contributed by atoms with Crippen molar-refractivity contribution in [1.82, 2.24) is 19.6 Å². The molecular weight excluding hydrogens is 421 g/mol. The molecule has 0 aliphatic heterocycles. The van der Waals surface area contributed by atoms with Gasteiger partial charge in [0, 0.05) is 11.3 Å². The van der Waals surface area contributed by atoms with E-state index in [2.05, 4.69) is 10.1 Å². The van der Waals surface area contributed by atoms with Crippen LogP contribution in [0.25, 0.3) is 16.6 Å². The van der Waals surface area contributed by atoms with Crippen molar-refractivity contribution >= 4 is 22.5 Å². The van der Waals surface area contributed by atoms with E-state index in [1.54, 1.807) is 19.2 Å².